The molecule has 2 heterocycles. The standard InChI is InChI=1S/C29H31F2N3O2/c1-34-17-24(22-11-12-33-29(35-2)28(22)34)23-14-18(13-20(16-32)19-5-3-4-6-19)7-9-26(23)36-27-10-8-21(30)15-25(27)31/h7-12,14-15,17,19-20H,3-6,13,16,32H2,1-2H3. The predicted octanol–water partition coefficient (Wildman–Crippen LogP) is 6.63. The molecule has 1 atom stereocenters. The minimum Gasteiger partial charge on any atom is -0.479 e. The fourth-order valence-electron chi connectivity index (χ4n) is 5.54. The highest BCUT2D eigenvalue weighted by molar-refractivity contribution is 5.99. The van der Waals surface area contributed by atoms with Gasteiger partial charge in [-0.2, -0.15) is 0 Å². The first kappa shape index (κ1) is 24.3. The summed E-state index contributed by atoms with van der Waals surface area (Å²) in [7, 11) is 3.53. The molecular formula is C29H31F2N3O2. The average molecular weight is 492 g/mol. The van der Waals surface area contributed by atoms with Crippen LogP contribution in [-0.4, -0.2) is 23.2 Å². The molecule has 36 heavy (non-hydrogen) atoms. The molecule has 0 saturated heterocycles. The molecule has 0 aliphatic heterocycles. The van der Waals surface area contributed by atoms with E-state index in [-0.39, 0.29) is 5.75 Å². The molecule has 188 valence electrons. The molecule has 1 fully saturated rings. The molecule has 1 saturated carbocycles. The van der Waals surface area contributed by atoms with E-state index in [9.17, 15) is 8.78 Å². The van der Waals surface area contributed by atoms with E-state index in [0.717, 1.165) is 40.1 Å². The van der Waals surface area contributed by atoms with Crippen LogP contribution in [0.25, 0.3) is 22.0 Å². The Bertz CT molecular complexity index is 1380. The van der Waals surface area contributed by atoms with Crippen molar-refractivity contribution in [1.29, 1.82) is 0 Å². The summed E-state index contributed by atoms with van der Waals surface area (Å²) in [5.74, 6) is 0.637. The second-order valence-electron chi connectivity index (χ2n) is 9.62. The van der Waals surface area contributed by atoms with E-state index in [4.69, 9.17) is 15.2 Å². The van der Waals surface area contributed by atoms with Crippen LogP contribution in [0.15, 0.2) is 54.9 Å². The van der Waals surface area contributed by atoms with Crippen molar-refractivity contribution in [2.24, 2.45) is 24.6 Å². The van der Waals surface area contributed by atoms with Gasteiger partial charge in [0.25, 0.3) is 0 Å². The van der Waals surface area contributed by atoms with Crippen molar-refractivity contribution in [1.82, 2.24) is 9.55 Å². The minimum atomic E-state index is -0.752. The van der Waals surface area contributed by atoms with Crippen molar-refractivity contribution in [2.45, 2.75) is 32.1 Å². The summed E-state index contributed by atoms with van der Waals surface area (Å²) >= 11 is 0. The lowest BCUT2D eigenvalue weighted by atomic mass is 9.85. The summed E-state index contributed by atoms with van der Waals surface area (Å²) in [5, 5.41) is 0.942. The molecule has 5 nitrogen and oxygen atoms in total. The van der Waals surface area contributed by atoms with Crippen LogP contribution in [0.3, 0.4) is 0 Å². The average Bonchev–Trinajstić information content (AvgIpc) is 3.53. The van der Waals surface area contributed by atoms with Gasteiger partial charge in [0.1, 0.15) is 17.1 Å². The molecule has 1 aliphatic rings. The van der Waals surface area contributed by atoms with Gasteiger partial charge in [-0.25, -0.2) is 13.8 Å². The Morgan fingerprint density at radius 2 is 1.83 bits per heavy atom. The first-order valence-electron chi connectivity index (χ1n) is 12.4. The fourth-order valence-corrected chi connectivity index (χ4v) is 5.54. The first-order chi connectivity index (χ1) is 17.5. The summed E-state index contributed by atoms with van der Waals surface area (Å²) in [5.41, 5.74) is 9.93. The Hall–Kier alpha value is -3.45. The van der Waals surface area contributed by atoms with Gasteiger partial charge in [-0.15, -0.1) is 0 Å². The summed E-state index contributed by atoms with van der Waals surface area (Å²) in [4.78, 5) is 4.34. The predicted molar refractivity (Wildman–Crippen MR) is 137 cm³/mol. The maximum absolute atomic E-state index is 14.5. The van der Waals surface area contributed by atoms with Gasteiger partial charge in [0.15, 0.2) is 11.6 Å². The number of ether oxygens (including phenoxy) is 2. The number of nitrogens with zero attached hydrogens (tertiary/aromatic N) is 2. The molecule has 0 spiro atoms. The Balaban J connectivity index is 1.61. The topological polar surface area (TPSA) is 62.3 Å². The van der Waals surface area contributed by atoms with E-state index in [2.05, 4.69) is 11.1 Å². The van der Waals surface area contributed by atoms with E-state index in [1.807, 2.05) is 36.0 Å². The second-order valence-corrected chi connectivity index (χ2v) is 9.62. The van der Waals surface area contributed by atoms with Crippen molar-refractivity contribution < 1.29 is 18.3 Å². The first-order valence-corrected chi connectivity index (χ1v) is 12.4. The quantitative estimate of drug-likeness (QED) is 0.301. The largest absolute Gasteiger partial charge is 0.479 e. The molecule has 5 rings (SSSR count). The smallest absolute Gasteiger partial charge is 0.238 e. The molecular weight excluding hydrogens is 460 g/mol. The Morgan fingerprint density at radius 1 is 1.06 bits per heavy atom. The summed E-state index contributed by atoms with van der Waals surface area (Å²) in [6.45, 7) is 0.649. The van der Waals surface area contributed by atoms with Crippen molar-refractivity contribution >= 4 is 10.9 Å². The van der Waals surface area contributed by atoms with Crippen LogP contribution in [0, 0.1) is 23.5 Å². The van der Waals surface area contributed by atoms with Gasteiger partial charge >= 0.3 is 0 Å². The van der Waals surface area contributed by atoms with Crippen LogP contribution in [-0.2, 0) is 13.5 Å². The van der Waals surface area contributed by atoms with E-state index in [1.165, 1.54) is 37.8 Å². The lowest BCUT2D eigenvalue weighted by Crippen LogP contribution is -2.24. The normalized spacial score (nSPS) is 14.9. The van der Waals surface area contributed by atoms with Crippen molar-refractivity contribution in [3.8, 4) is 28.5 Å². The zero-order chi connectivity index (χ0) is 25.2. The minimum absolute atomic E-state index is 0.0318. The van der Waals surface area contributed by atoms with E-state index in [0.29, 0.717) is 30.0 Å². The number of rotatable bonds is 8. The monoisotopic (exact) mass is 491 g/mol. The highest BCUT2D eigenvalue weighted by Crippen LogP contribution is 2.41. The molecule has 4 aromatic rings. The molecule has 0 bridgehead atoms. The SMILES string of the molecule is COc1nccc2c(-c3cc(CC(CN)C4CCCC4)ccc3Oc3ccc(F)cc3F)cn(C)c12. The number of halogens is 2. The van der Waals surface area contributed by atoms with Crippen LogP contribution in [0.2, 0.25) is 0 Å². The van der Waals surface area contributed by atoms with Crippen molar-refractivity contribution in [3.05, 3.63) is 72.1 Å². The van der Waals surface area contributed by atoms with Crippen LogP contribution >= 0.6 is 0 Å². The van der Waals surface area contributed by atoms with Gasteiger partial charge in [0.05, 0.1) is 7.11 Å². The third-order valence-electron chi connectivity index (χ3n) is 7.36. The number of hydrogen-bond donors (Lipinski definition) is 1. The lowest BCUT2D eigenvalue weighted by molar-refractivity contribution is 0.344. The molecule has 1 unspecified atom stereocenters. The van der Waals surface area contributed by atoms with Gasteiger partial charge in [-0.05, 0) is 60.7 Å². The molecule has 0 amide bonds. The third-order valence-corrected chi connectivity index (χ3v) is 7.36. The molecule has 7 heteroatoms. The van der Waals surface area contributed by atoms with Crippen LogP contribution in [0.1, 0.15) is 31.2 Å². The molecule has 0 radical (unpaired) electrons. The lowest BCUT2D eigenvalue weighted by Gasteiger charge is -2.22. The van der Waals surface area contributed by atoms with Crippen LogP contribution in [0.4, 0.5) is 8.78 Å². The van der Waals surface area contributed by atoms with Gasteiger partial charge < -0.3 is 19.8 Å². The summed E-state index contributed by atoms with van der Waals surface area (Å²) in [6.07, 6.45) is 9.59. The number of fused-ring (bicyclic) bond motifs is 1. The number of aryl methyl sites for hydroxylation is 1. The summed E-state index contributed by atoms with van der Waals surface area (Å²) in [6, 6.07) is 11.3. The molecule has 2 aromatic heterocycles. The van der Waals surface area contributed by atoms with Crippen LogP contribution < -0.4 is 15.2 Å². The zero-order valence-electron chi connectivity index (χ0n) is 20.6. The maximum atomic E-state index is 14.5. The third kappa shape index (κ3) is 4.67. The highest BCUT2D eigenvalue weighted by atomic mass is 19.1. The van der Waals surface area contributed by atoms with E-state index < -0.39 is 11.6 Å². The Morgan fingerprint density at radius 3 is 2.56 bits per heavy atom. The van der Waals surface area contributed by atoms with Gasteiger partial charge in [-0.1, -0.05) is 31.7 Å². The highest BCUT2D eigenvalue weighted by Gasteiger charge is 2.25. The van der Waals surface area contributed by atoms with Crippen molar-refractivity contribution in [2.75, 3.05) is 13.7 Å². The van der Waals surface area contributed by atoms with E-state index >= 15 is 0 Å². The number of aromatic nitrogens is 2. The van der Waals surface area contributed by atoms with Crippen molar-refractivity contribution in [3.63, 3.8) is 0 Å². The number of methoxy groups -OCH3 is 1. The number of benzene rings is 2. The Labute approximate surface area is 209 Å². The second kappa shape index (κ2) is 10.3. The van der Waals surface area contributed by atoms with Crippen LogP contribution in [0.5, 0.6) is 17.4 Å². The summed E-state index contributed by atoms with van der Waals surface area (Å²) < 4.78 is 41.5. The number of nitrogens with two attached hydrogens (primary N) is 1. The van der Waals surface area contributed by atoms with Gasteiger partial charge in [0, 0.05) is 42.0 Å². The van der Waals surface area contributed by atoms with Gasteiger partial charge in [-0.3, -0.25) is 0 Å². The maximum Gasteiger partial charge on any atom is 0.238 e. The molecule has 2 N–H and O–H groups in total. The molecule has 1 aliphatic carbocycles. The fraction of sp³-hybridized carbons (Fsp3) is 0.345. The number of pyridine rings is 1. The number of hydrogen-bond acceptors (Lipinski definition) is 4. The Kier molecular flexibility index (Phi) is 6.92. The zero-order valence-corrected chi connectivity index (χ0v) is 20.6. The van der Waals surface area contributed by atoms with E-state index in [1.54, 1.807) is 13.3 Å². The van der Waals surface area contributed by atoms with Gasteiger partial charge in [0.2, 0.25) is 5.88 Å². The molecule has 2 aromatic carbocycles.